The summed E-state index contributed by atoms with van der Waals surface area (Å²) in [6, 6.07) is 15.1. The molecule has 0 spiro atoms. The van der Waals surface area contributed by atoms with E-state index in [1.165, 1.54) is 5.56 Å². The number of rotatable bonds is 10. The molecule has 2 aromatic carbocycles. The van der Waals surface area contributed by atoms with Gasteiger partial charge in [0, 0.05) is 5.02 Å². The van der Waals surface area contributed by atoms with E-state index < -0.39 is 6.10 Å². The molecule has 2 aromatic rings. The summed E-state index contributed by atoms with van der Waals surface area (Å²) in [6.45, 7) is 4.90. The zero-order valence-corrected chi connectivity index (χ0v) is 16.1. The van der Waals surface area contributed by atoms with E-state index in [0.717, 1.165) is 18.6 Å². The normalized spacial score (nSPS) is 11.7. The summed E-state index contributed by atoms with van der Waals surface area (Å²) in [7, 11) is 0. The van der Waals surface area contributed by atoms with Crippen LogP contribution in [0.4, 0.5) is 0 Å². The Morgan fingerprint density at radius 2 is 1.88 bits per heavy atom. The highest BCUT2D eigenvalue weighted by atomic mass is 35.5. The minimum atomic E-state index is -0.554. The molecule has 0 aromatic heterocycles. The third kappa shape index (κ3) is 6.60. The third-order valence-corrected chi connectivity index (χ3v) is 4.10. The zero-order valence-electron chi connectivity index (χ0n) is 15.3. The van der Waals surface area contributed by atoms with Gasteiger partial charge in [0.1, 0.15) is 18.1 Å². The number of carbonyl (C=O) groups is 1. The van der Waals surface area contributed by atoms with Crippen LogP contribution >= 0.6 is 11.6 Å². The van der Waals surface area contributed by atoms with Crippen LogP contribution in [0.2, 0.25) is 5.02 Å². The Balaban J connectivity index is 1.74. The van der Waals surface area contributed by atoms with Gasteiger partial charge in [0.2, 0.25) is 0 Å². The molecule has 2 rings (SSSR count). The van der Waals surface area contributed by atoms with Crippen molar-refractivity contribution in [3.05, 3.63) is 59.1 Å². The first-order valence-electron chi connectivity index (χ1n) is 9.04. The topological polar surface area (TPSA) is 47.6 Å². The van der Waals surface area contributed by atoms with Crippen molar-refractivity contribution in [1.82, 2.24) is 5.32 Å². The highest BCUT2D eigenvalue weighted by Crippen LogP contribution is 2.19. The van der Waals surface area contributed by atoms with Gasteiger partial charge >= 0.3 is 0 Å². The number of hydrogen-bond donors (Lipinski definition) is 1. The van der Waals surface area contributed by atoms with Crippen LogP contribution in [-0.4, -0.2) is 25.2 Å². The van der Waals surface area contributed by atoms with Crippen molar-refractivity contribution in [2.24, 2.45) is 0 Å². The standard InChI is InChI=1S/C21H26ClNO3/c1-3-6-16-9-11-18(12-10-16)25-14-13-23-21(24)20(4-2)26-19-8-5-7-17(22)15-19/h5,7-12,15,20H,3-4,6,13-14H2,1-2H3,(H,23,24). The first-order valence-corrected chi connectivity index (χ1v) is 9.41. The van der Waals surface area contributed by atoms with Gasteiger partial charge in [0.25, 0.3) is 5.91 Å². The summed E-state index contributed by atoms with van der Waals surface area (Å²) in [5.41, 5.74) is 1.30. The van der Waals surface area contributed by atoms with Gasteiger partial charge < -0.3 is 14.8 Å². The predicted molar refractivity (Wildman–Crippen MR) is 105 cm³/mol. The van der Waals surface area contributed by atoms with Gasteiger partial charge in [0.05, 0.1) is 6.54 Å². The van der Waals surface area contributed by atoms with Crippen LogP contribution in [-0.2, 0) is 11.2 Å². The number of amides is 1. The van der Waals surface area contributed by atoms with E-state index in [2.05, 4.69) is 24.4 Å². The average Bonchev–Trinajstić information content (AvgIpc) is 2.64. The SMILES string of the molecule is CCCc1ccc(OCCNC(=O)C(CC)Oc2cccc(Cl)c2)cc1. The Kier molecular flexibility index (Phi) is 8.29. The van der Waals surface area contributed by atoms with Crippen LogP contribution in [0.1, 0.15) is 32.3 Å². The second-order valence-electron chi connectivity index (χ2n) is 6.01. The molecule has 140 valence electrons. The first-order chi connectivity index (χ1) is 12.6. The lowest BCUT2D eigenvalue weighted by atomic mass is 10.1. The Bertz CT molecular complexity index is 688. The number of benzene rings is 2. The van der Waals surface area contributed by atoms with E-state index >= 15 is 0 Å². The predicted octanol–water partition coefficient (Wildman–Crippen LogP) is 4.65. The fourth-order valence-corrected chi connectivity index (χ4v) is 2.71. The Hall–Kier alpha value is -2.20. The van der Waals surface area contributed by atoms with Crippen molar-refractivity contribution in [1.29, 1.82) is 0 Å². The number of hydrogen-bond acceptors (Lipinski definition) is 3. The van der Waals surface area contributed by atoms with Crippen LogP contribution in [0.25, 0.3) is 0 Å². The molecule has 0 saturated carbocycles. The van der Waals surface area contributed by atoms with Crippen molar-refractivity contribution >= 4 is 17.5 Å². The van der Waals surface area contributed by atoms with Crippen molar-refractivity contribution in [2.75, 3.05) is 13.2 Å². The maximum atomic E-state index is 12.3. The lowest BCUT2D eigenvalue weighted by molar-refractivity contribution is -0.128. The Labute approximate surface area is 160 Å². The van der Waals surface area contributed by atoms with Crippen LogP contribution in [0.5, 0.6) is 11.5 Å². The number of aryl methyl sites for hydroxylation is 1. The molecule has 1 atom stereocenters. The van der Waals surface area contributed by atoms with E-state index in [9.17, 15) is 4.79 Å². The molecule has 0 heterocycles. The molecule has 0 aliphatic rings. The second kappa shape index (κ2) is 10.7. The molecular formula is C21H26ClNO3. The fourth-order valence-electron chi connectivity index (χ4n) is 2.52. The lowest BCUT2D eigenvalue weighted by Crippen LogP contribution is -2.39. The monoisotopic (exact) mass is 375 g/mol. The van der Waals surface area contributed by atoms with Crippen LogP contribution in [0.15, 0.2) is 48.5 Å². The van der Waals surface area contributed by atoms with E-state index in [1.807, 2.05) is 19.1 Å². The maximum Gasteiger partial charge on any atom is 0.261 e. The van der Waals surface area contributed by atoms with Crippen LogP contribution in [0.3, 0.4) is 0 Å². The number of carbonyl (C=O) groups excluding carboxylic acids is 1. The molecule has 0 aliphatic carbocycles. The van der Waals surface area contributed by atoms with Gasteiger partial charge in [0.15, 0.2) is 6.10 Å². The largest absolute Gasteiger partial charge is 0.492 e. The molecule has 26 heavy (non-hydrogen) atoms. The van der Waals surface area contributed by atoms with Crippen molar-refractivity contribution in [2.45, 2.75) is 39.2 Å². The van der Waals surface area contributed by atoms with E-state index in [-0.39, 0.29) is 5.91 Å². The van der Waals surface area contributed by atoms with E-state index in [0.29, 0.717) is 30.3 Å². The highest BCUT2D eigenvalue weighted by Gasteiger charge is 2.17. The molecule has 5 heteroatoms. The molecule has 0 fully saturated rings. The van der Waals surface area contributed by atoms with Gasteiger partial charge in [-0.15, -0.1) is 0 Å². The summed E-state index contributed by atoms with van der Waals surface area (Å²) >= 11 is 5.94. The van der Waals surface area contributed by atoms with Crippen LogP contribution < -0.4 is 14.8 Å². The van der Waals surface area contributed by atoms with Gasteiger partial charge in [-0.2, -0.15) is 0 Å². The number of ether oxygens (including phenoxy) is 2. The van der Waals surface area contributed by atoms with E-state index in [1.54, 1.807) is 24.3 Å². The Morgan fingerprint density at radius 3 is 2.54 bits per heavy atom. The summed E-state index contributed by atoms with van der Waals surface area (Å²) in [5.74, 6) is 1.23. The smallest absolute Gasteiger partial charge is 0.261 e. The summed E-state index contributed by atoms with van der Waals surface area (Å²) in [5, 5.41) is 3.43. The quantitative estimate of drug-likeness (QED) is 0.615. The molecule has 4 nitrogen and oxygen atoms in total. The second-order valence-corrected chi connectivity index (χ2v) is 6.44. The minimum Gasteiger partial charge on any atom is -0.492 e. The summed E-state index contributed by atoms with van der Waals surface area (Å²) in [6.07, 6.45) is 2.21. The maximum absolute atomic E-state index is 12.3. The molecule has 0 saturated heterocycles. The molecule has 1 unspecified atom stereocenters. The number of nitrogens with one attached hydrogen (secondary N) is 1. The minimum absolute atomic E-state index is 0.158. The first kappa shape index (κ1) is 20.1. The van der Waals surface area contributed by atoms with Crippen molar-refractivity contribution in [3.63, 3.8) is 0 Å². The summed E-state index contributed by atoms with van der Waals surface area (Å²) < 4.78 is 11.4. The average molecular weight is 376 g/mol. The van der Waals surface area contributed by atoms with Crippen molar-refractivity contribution < 1.29 is 14.3 Å². The van der Waals surface area contributed by atoms with Gasteiger partial charge in [-0.25, -0.2) is 0 Å². The summed E-state index contributed by atoms with van der Waals surface area (Å²) in [4.78, 5) is 12.3. The lowest BCUT2D eigenvalue weighted by Gasteiger charge is -2.17. The van der Waals surface area contributed by atoms with Gasteiger partial charge in [-0.3, -0.25) is 4.79 Å². The molecule has 0 radical (unpaired) electrons. The highest BCUT2D eigenvalue weighted by molar-refractivity contribution is 6.30. The van der Waals surface area contributed by atoms with Crippen molar-refractivity contribution in [3.8, 4) is 11.5 Å². The molecule has 0 bridgehead atoms. The number of halogens is 1. The molecule has 1 N–H and O–H groups in total. The van der Waals surface area contributed by atoms with Gasteiger partial charge in [-0.05, 0) is 48.7 Å². The molecule has 1 amide bonds. The van der Waals surface area contributed by atoms with Crippen LogP contribution in [0, 0.1) is 0 Å². The molecule has 0 aliphatic heterocycles. The zero-order chi connectivity index (χ0) is 18.8. The third-order valence-electron chi connectivity index (χ3n) is 3.87. The van der Waals surface area contributed by atoms with E-state index in [4.69, 9.17) is 21.1 Å². The molecular weight excluding hydrogens is 350 g/mol. The fraction of sp³-hybridized carbons (Fsp3) is 0.381. The Morgan fingerprint density at radius 1 is 1.12 bits per heavy atom. The van der Waals surface area contributed by atoms with Gasteiger partial charge in [-0.1, -0.05) is 50.1 Å².